The molecule has 3 nitrogen and oxygen atoms in total. The Bertz CT molecular complexity index is 867. The van der Waals surface area contributed by atoms with Gasteiger partial charge in [0.25, 0.3) is 0 Å². The van der Waals surface area contributed by atoms with Gasteiger partial charge < -0.3 is 4.74 Å². The number of benzene rings is 2. The SMILES string of the molecule is C=CC[C@]1(S(=O)(=O)c2ccc(C)cc2)C=CO[C@H](c2ccccc2)C1. The predicted molar refractivity (Wildman–Crippen MR) is 99.9 cm³/mol. The van der Waals surface area contributed by atoms with Crippen molar-refractivity contribution < 1.29 is 13.2 Å². The van der Waals surface area contributed by atoms with Crippen molar-refractivity contribution in [1.82, 2.24) is 0 Å². The van der Waals surface area contributed by atoms with Crippen LogP contribution in [0, 0.1) is 6.92 Å². The molecule has 1 aliphatic heterocycles. The molecule has 0 bridgehead atoms. The van der Waals surface area contributed by atoms with E-state index in [0.29, 0.717) is 17.7 Å². The number of sulfone groups is 1. The first-order valence-corrected chi connectivity index (χ1v) is 9.77. The van der Waals surface area contributed by atoms with Gasteiger partial charge in [-0.25, -0.2) is 8.42 Å². The molecular formula is C21H22O3S. The van der Waals surface area contributed by atoms with Crippen molar-refractivity contribution in [3.8, 4) is 0 Å². The molecule has 1 heterocycles. The van der Waals surface area contributed by atoms with E-state index in [1.807, 2.05) is 49.4 Å². The molecule has 0 amide bonds. The molecule has 130 valence electrons. The lowest BCUT2D eigenvalue weighted by Crippen LogP contribution is -2.40. The molecule has 3 rings (SSSR count). The van der Waals surface area contributed by atoms with Crippen molar-refractivity contribution in [2.45, 2.75) is 35.5 Å². The molecule has 0 fully saturated rings. The number of rotatable bonds is 5. The van der Waals surface area contributed by atoms with Crippen LogP contribution in [0.25, 0.3) is 0 Å². The molecular weight excluding hydrogens is 332 g/mol. The number of hydrogen-bond acceptors (Lipinski definition) is 3. The second-order valence-electron chi connectivity index (χ2n) is 6.42. The van der Waals surface area contributed by atoms with Gasteiger partial charge in [0, 0.05) is 6.42 Å². The Morgan fingerprint density at radius 1 is 1.16 bits per heavy atom. The molecule has 0 saturated heterocycles. The molecule has 0 aliphatic carbocycles. The van der Waals surface area contributed by atoms with Gasteiger partial charge in [0.1, 0.15) is 10.9 Å². The maximum Gasteiger partial charge on any atom is 0.188 e. The number of aryl methyl sites for hydroxylation is 1. The van der Waals surface area contributed by atoms with Crippen LogP contribution in [-0.4, -0.2) is 13.2 Å². The molecule has 2 aromatic carbocycles. The highest BCUT2D eigenvalue weighted by atomic mass is 32.2. The second kappa shape index (κ2) is 6.89. The van der Waals surface area contributed by atoms with Crippen molar-refractivity contribution in [2.24, 2.45) is 0 Å². The van der Waals surface area contributed by atoms with E-state index < -0.39 is 14.6 Å². The summed E-state index contributed by atoms with van der Waals surface area (Å²) in [4.78, 5) is 0.332. The zero-order chi connectivity index (χ0) is 17.9. The van der Waals surface area contributed by atoms with Crippen LogP contribution in [0.5, 0.6) is 0 Å². The Balaban J connectivity index is 2.04. The highest BCUT2D eigenvalue weighted by Crippen LogP contribution is 2.42. The summed E-state index contributed by atoms with van der Waals surface area (Å²) < 4.78 is 31.5. The van der Waals surface area contributed by atoms with Crippen LogP contribution < -0.4 is 0 Å². The summed E-state index contributed by atoms with van der Waals surface area (Å²) in [5.74, 6) is 0. The quantitative estimate of drug-likeness (QED) is 0.727. The molecule has 0 saturated carbocycles. The molecule has 2 atom stereocenters. The fraction of sp³-hybridized carbons (Fsp3) is 0.238. The van der Waals surface area contributed by atoms with Gasteiger partial charge in [0.15, 0.2) is 9.84 Å². The Kier molecular flexibility index (Phi) is 4.82. The van der Waals surface area contributed by atoms with Gasteiger partial charge in [-0.2, -0.15) is 0 Å². The van der Waals surface area contributed by atoms with Crippen molar-refractivity contribution in [3.63, 3.8) is 0 Å². The molecule has 25 heavy (non-hydrogen) atoms. The van der Waals surface area contributed by atoms with Gasteiger partial charge in [0.05, 0.1) is 11.2 Å². The first kappa shape index (κ1) is 17.5. The van der Waals surface area contributed by atoms with Gasteiger partial charge in [-0.1, -0.05) is 54.1 Å². The predicted octanol–water partition coefficient (Wildman–Crippen LogP) is 4.76. The number of ether oxygens (including phenoxy) is 1. The summed E-state index contributed by atoms with van der Waals surface area (Å²) >= 11 is 0. The van der Waals surface area contributed by atoms with Crippen LogP contribution in [0.15, 0.2) is 84.5 Å². The maximum absolute atomic E-state index is 13.4. The first-order valence-electron chi connectivity index (χ1n) is 8.29. The summed E-state index contributed by atoms with van der Waals surface area (Å²) in [6.07, 6.45) is 5.26. The smallest absolute Gasteiger partial charge is 0.188 e. The fourth-order valence-electron chi connectivity index (χ4n) is 3.21. The molecule has 0 N–H and O–H groups in total. The van der Waals surface area contributed by atoms with E-state index in [1.54, 1.807) is 24.3 Å². The maximum atomic E-state index is 13.4. The van der Waals surface area contributed by atoms with Crippen LogP contribution in [-0.2, 0) is 14.6 Å². The zero-order valence-electron chi connectivity index (χ0n) is 14.3. The number of hydrogen-bond donors (Lipinski definition) is 0. The average molecular weight is 354 g/mol. The Hall–Kier alpha value is -2.33. The van der Waals surface area contributed by atoms with Crippen LogP contribution in [0.2, 0.25) is 0 Å². The van der Waals surface area contributed by atoms with Crippen molar-refractivity contribution in [1.29, 1.82) is 0 Å². The van der Waals surface area contributed by atoms with Crippen molar-refractivity contribution >= 4 is 9.84 Å². The molecule has 1 aliphatic rings. The minimum atomic E-state index is -3.58. The van der Waals surface area contributed by atoms with Crippen molar-refractivity contribution in [3.05, 3.63) is 90.7 Å². The van der Waals surface area contributed by atoms with E-state index in [2.05, 4.69) is 6.58 Å². The minimum Gasteiger partial charge on any atom is -0.494 e. The normalized spacial score (nSPS) is 23.0. The van der Waals surface area contributed by atoms with E-state index in [9.17, 15) is 8.42 Å². The van der Waals surface area contributed by atoms with Crippen LogP contribution in [0.3, 0.4) is 0 Å². The topological polar surface area (TPSA) is 43.4 Å². The Morgan fingerprint density at radius 2 is 1.84 bits per heavy atom. The molecule has 0 radical (unpaired) electrons. The summed E-state index contributed by atoms with van der Waals surface area (Å²) in [6, 6.07) is 16.7. The van der Waals surface area contributed by atoms with Crippen molar-refractivity contribution in [2.75, 3.05) is 0 Å². The summed E-state index contributed by atoms with van der Waals surface area (Å²) in [6.45, 7) is 5.72. The molecule has 4 heteroatoms. The second-order valence-corrected chi connectivity index (χ2v) is 8.71. The van der Waals surface area contributed by atoms with Gasteiger partial charge >= 0.3 is 0 Å². The lowest BCUT2D eigenvalue weighted by atomic mass is 9.91. The van der Waals surface area contributed by atoms with E-state index in [0.717, 1.165) is 11.1 Å². The van der Waals surface area contributed by atoms with Gasteiger partial charge in [0.2, 0.25) is 0 Å². The van der Waals surface area contributed by atoms with Crippen LogP contribution in [0.1, 0.15) is 30.1 Å². The van der Waals surface area contributed by atoms with E-state index in [4.69, 9.17) is 4.74 Å². The summed E-state index contributed by atoms with van der Waals surface area (Å²) in [7, 11) is -3.58. The molecule has 0 unspecified atom stereocenters. The third kappa shape index (κ3) is 3.27. The lowest BCUT2D eigenvalue weighted by Gasteiger charge is -2.36. The highest BCUT2D eigenvalue weighted by molar-refractivity contribution is 7.93. The van der Waals surface area contributed by atoms with Gasteiger partial charge in [-0.05, 0) is 37.1 Å². The molecule has 0 spiro atoms. The Labute approximate surface area is 149 Å². The van der Waals surface area contributed by atoms with Crippen LogP contribution >= 0.6 is 0 Å². The highest BCUT2D eigenvalue weighted by Gasteiger charge is 2.46. The van der Waals surface area contributed by atoms with E-state index in [1.165, 1.54) is 6.26 Å². The van der Waals surface area contributed by atoms with E-state index in [-0.39, 0.29) is 6.10 Å². The molecule has 0 aromatic heterocycles. The standard InChI is InChI=1S/C21H22O3S/c1-3-13-21(25(22,23)19-11-9-17(2)10-12-19)14-15-24-20(16-21)18-7-5-4-6-8-18/h3-12,14-15,20H,1,13,16H2,2H3/t20-,21-/m0/s1. The van der Waals surface area contributed by atoms with Gasteiger partial charge in [-0.3, -0.25) is 0 Å². The third-order valence-electron chi connectivity index (χ3n) is 4.67. The first-order chi connectivity index (χ1) is 12.0. The number of allylic oxidation sites excluding steroid dienone is 1. The average Bonchev–Trinajstić information content (AvgIpc) is 2.63. The van der Waals surface area contributed by atoms with Crippen LogP contribution in [0.4, 0.5) is 0 Å². The fourth-order valence-corrected chi connectivity index (χ4v) is 5.12. The third-order valence-corrected chi connectivity index (χ3v) is 7.11. The summed E-state index contributed by atoms with van der Waals surface area (Å²) in [5, 5.41) is 0. The lowest BCUT2D eigenvalue weighted by molar-refractivity contribution is 0.111. The minimum absolute atomic E-state index is 0.300. The Morgan fingerprint density at radius 3 is 2.48 bits per heavy atom. The van der Waals surface area contributed by atoms with E-state index >= 15 is 0 Å². The summed E-state index contributed by atoms with van der Waals surface area (Å²) in [5.41, 5.74) is 2.00. The zero-order valence-corrected chi connectivity index (χ0v) is 15.1. The van der Waals surface area contributed by atoms with Gasteiger partial charge in [-0.15, -0.1) is 6.58 Å². The molecule has 2 aromatic rings. The largest absolute Gasteiger partial charge is 0.494 e. The monoisotopic (exact) mass is 354 g/mol.